The van der Waals surface area contributed by atoms with E-state index in [0.717, 1.165) is 0 Å². The zero-order chi connectivity index (χ0) is 16.1. The van der Waals surface area contributed by atoms with Gasteiger partial charge in [0.25, 0.3) is 0 Å². The monoisotopic (exact) mass is 299 g/mol. The summed E-state index contributed by atoms with van der Waals surface area (Å²) in [5.74, 6) is -1.15. The van der Waals surface area contributed by atoms with E-state index >= 15 is 0 Å². The summed E-state index contributed by atoms with van der Waals surface area (Å²) in [6, 6.07) is -1.83. The lowest BCUT2D eigenvalue weighted by Gasteiger charge is -2.24. The molecular formula is C12H20F3NO4. The first kappa shape index (κ1) is 18.5. The van der Waals surface area contributed by atoms with Crippen molar-refractivity contribution >= 4 is 12.1 Å². The fraction of sp³-hybridized carbons (Fsp3) is 0.833. The van der Waals surface area contributed by atoms with E-state index in [1.54, 1.807) is 20.8 Å². The van der Waals surface area contributed by atoms with Gasteiger partial charge >= 0.3 is 18.2 Å². The predicted molar refractivity (Wildman–Crippen MR) is 65.1 cm³/mol. The first-order valence-electron chi connectivity index (χ1n) is 6.07. The zero-order valence-electron chi connectivity index (χ0n) is 12.1. The van der Waals surface area contributed by atoms with Crippen molar-refractivity contribution in [3.8, 4) is 0 Å². The summed E-state index contributed by atoms with van der Waals surface area (Å²) < 4.78 is 46.7. The van der Waals surface area contributed by atoms with Gasteiger partial charge in [-0.3, -0.25) is 0 Å². The van der Waals surface area contributed by atoms with Crippen molar-refractivity contribution in [1.29, 1.82) is 0 Å². The number of alkyl halides is 3. The molecule has 0 bridgehead atoms. The second-order valence-electron chi connectivity index (χ2n) is 5.50. The number of amides is 1. The van der Waals surface area contributed by atoms with Gasteiger partial charge in [-0.25, -0.2) is 9.59 Å². The van der Waals surface area contributed by atoms with Crippen LogP contribution in [0.1, 0.15) is 41.0 Å². The lowest BCUT2D eigenvalue weighted by atomic mass is 10.2. The van der Waals surface area contributed by atoms with Gasteiger partial charge in [0.1, 0.15) is 11.6 Å². The molecule has 0 rings (SSSR count). The van der Waals surface area contributed by atoms with Crippen LogP contribution in [0.5, 0.6) is 0 Å². The molecule has 0 radical (unpaired) electrons. The van der Waals surface area contributed by atoms with Crippen LogP contribution in [0, 0.1) is 0 Å². The number of hydrogen-bond acceptors (Lipinski definition) is 4. The average molecular weight is 299 g/mol. The highest BCUT2D eigenvalue weighted by Crippen LogP contribution is 2.22. The van der Waals surface area contributed by atoms with Gasteiger partial charge in [0.2, 0.25) is 0 Å². The number of carbonyl (C=O) groups is 2. The fourth-order valence-corrected chi connectivity index (χ4v) is 1.19. The quantitative estimate of drug-likeness (QED) is 0.811. The van der Waals surface area contributed by atoms with Crippen molar-refractivity contribution in [1.82, 2.24) is 5.32 Å². The molecule has 0 spiro atoms. The van der Waals surface area contributed by atoms with Gasteiger partial charge in [-0.2, -0.15) is 13.2 Å². The summed E-state index contributed by atoms with van der Waals surface area (Å²) >= 11 is 0. The molecule has 0 fully saturated rings. The number of hydrogen-bond donors (Lipinski definition) is 1. The van der Waals surface area contributed by atoms with E-state index < -0.39 is 42.4 Å². The van der Waals surface area contributed by atoms with E-state index in [-0.39, 0.29) is 0 Å². The van der Waals surface area contributed by atoms with Crippen LogP contribution in [-0.2, 0) is 14.3 Å². The highest BCUT2D eigenvalue weighted by Gasteiger charge is 2.38. The molecule has 1 unspecified atom stereocenters. The second-order valence-corrected chi connectivity index (χ2v) is 5.50. The third-order valence-electron chi connectivity index (χ3n) is 1.76. The van der Waals surface area contributed by atoms with Crippen LogP contribution >= 0.6 is 0 Å². The van der Waals surface area contributed by atoms with Crippen molar-refractivity contribution in [2.75, 3.05) is 0 Å². The summed E-state index contributed by atoms with van der Waals surface area (Å²) in [7, 11) is 0. The topological polar surface area (TPSA) is 64.6 Å². The Balaban J connectivity index is 4.77. The van der Waals surface area contributed by atoms with Crippen molar-refractivity contribution in [2.24, 2.45) is 0 Å². The molecule has 1 amide bonds. The van der Waals surface area contributed by atoms with Crippen molar-refractivity contribution in [3.05, 3.63) is 0 Å². The smallest absolute Gasteiger partial charge is 0.408 e. The van der Waals surface area contributed by atoms with Crippen molar-refractivity contribution in [3.63, 3.8) is 0 Å². The van der Waals surface area contributed by atoms with Crippen LogP contribution in [0.2, 0.25) is 0 Å². The van der Waals surface area contributed by atoms with Crippen LogP contribution in [0.25, 0.3) is 0 Å². The van der Waals surface area contributed by atoms with Gasteiger partial charge in [-0.15, -0.1) is 0 Å². The Hall–Kier alpha value is -1.47. The summed E-state index contributed by atoms with van der Waals surface area (Å²) in [6.07, 6.45) is -7.82. The summed E-state index contributed by atoms with van der Waals surface area (Å²) in [5, 5.41) is 1.88. The Bertz CT molecular complexity index is 348. The third-order valence-corrected chi connectivity index (χ3v) is 1.76. The predicted octanol–water partition coefficient (Wildman–Crippen LogP) is 2.78. The highest BCUT2D eigenvalue weighted by atomic mass is 19.4. The molecule has 20 heavy (non-hydrogen) atoms. The minimum atomic E-state index is -4.62. The minimum absolute atomic E-state index is 0.585. The number of carbonyl (C=O) groups excluding carboxylic acids is 2. The summed E-state index contributed by atoms with van der Waals surface area (Å²) in [5.41, 5.74) is -0.880. The second kappa shape index (κ2) is 6.81. The maximum Gasteiger partial charge on any atom is 0.408 e. The lowest BCUT2D eigenvalue weighted by molar-refractivity contribution is -0.165. The van der Waals surface area contributed by atoms with Crippen LogP contribution in [0.4, 0.5) is 18.0 Å². The number of nitrogens with one attached hydrogen (secondary N) is 1. The molecule has 0 heterocycles. The van der Waals surface area contributed by atoms with E-state index in [1.807, 2.05) is 5.32 Å². The number of ether oxygens (including phenoxy) is 2. The molecule has 5 nitrogen and oxygen atoms in total. The van der Waals surface area contributed by atoms with Gasteiger partial charge in [-0.1, -0.05) is 0 Å². The molecular weight excluding hydrogens is 279 g/mol. The molecule has 0 saturated carbocycles. The Kier molecular flexibility index (Phi) is 6.31. The van der Waals surface area contributed by atoms with Gasteiger partial charge in [0, 0.05) is 0 Å². The lowest BCUT2D eigenvalue weighted by Crippen LogP contribution is -2.46. The van der Waals surface area contributed by atoms with Gasteiger partial charge in [0.15, 0.2) is 0 Å². The van der Waals surface area contributed by atoms with Gasteiger partial charge in [-0.05, 0) is 34.6 Å². The van der Waals surface area contributed by atoms with Crippen LogP contribution < -0.4 is 5.32 Å². The molecule has 0 aromatic carbocycles. The van der Waals surface area contributed by atoms with E-state index in [2.05, 4.69) is 4.74 Å². The molecule has 0 aromatic rings. The Morgan fingerprint density at radius 2 is 1.65 bits per heavy atom. The van der Waals surface area contributed by atoms with Crippen LogP contribution in [0.3, 0.4) is 0 Å². The summed E-state index contributed by atoms with van der Waals surface area (Å²) in [6.45, 7) is 7.65. The molecule has 0 aliphatic carbocycles. The maximum atomic E-state index is 12.4. The van der Waals surface area contributed by atoms with E-state index in [9.17, 15) is 22.8 Å². The maximum absolute atomic E-state index is 12.4. The molecule has 0 aliphatic heterocycles. The van der Waals surface area contributed by atoms with E-state index in [4.69, 9.17) is 4.74 Å². The molecule has 1 atom stereocenters. The molecule has 0 saturated heterocycles. The van der Waals surface area contributed by atoms with E-state index in [0.29, 0.717) is 0 Å². The highest BCUT2D eigenvalue weighted by molar-refractivity contribution is 5.81. The molecule has 0 aliphatic rings. The van der Waals surface area contributed by atoms with Crippen molar-refractivity contribution < 1.29 is 32.2 Å². The Labute approximate surface area is 115 Å². The molecule has 118 valence electrons. The number of halogens is 3. The molecule has 8 heteroatoms. The van der Waals surface area contributed by atoms with Crippen molar-refractivity contribution in [2.45, 2.75) is 65.0 Å². The molecule has 1 N–H and O–H groups in total. The van der Waals surface area contributed by atoms with E-state index in [1.165, 1.54) is 13.8 Å². The number of esters is 1. The molecule has 0 aromatic heterocycles. The minimum Gasteiger partial charge on any atom is -0.461 e. The SMILES string of the molecule is CC(C)OC(=O)C(CC(F)(F)F)NC(=O)OC(C)(C)C. The fourth-order valence-electron chi connectivity index (χ4n) is 1.19. The Morgan fingerprint density at radius 1 is 1.15 bits per heavy atom. The van der Waals surface area contributed by atoms with Crippen LogP contribution in [0.15, 0.2) is 0 Å². The van der Waals surface area contributed by atoms with Crippen LogP contribution in [-0.4, -0.2) is 36.0 Å². The first-order chi connectivity index (χ1) is 8.80. The summed E-state index contributed by atoms with van der Waals surface area (Å²) in [4.78, 5) is 23.0. The van der Waals surface area contributed by atoms with Gasteiger partial charge in [0.05, 0.1) is 12.5 Å². The number of alkyl carbamates (subject to hydrolysis) is 1. The Morgan fingerprint density at radius 3 is 2.00 bits per heavy atom. The normalized spacial score (nSPS) is 13.8. The largest absolute Gasteiger partial charge is 0.461 e. The first-order valence-corrected chi connectivity index (χ1v) is 6.07. The zero-order valence-corrected chi connectivity index (χ0v) is 12.1. The third kappa shape index (κ3) is 9.46. The van der Waals surface area contributed by atoms with Gasteiger partial charge < -0.3 is 14.8 Å². The number of rotatable bonds is 4. The standard InChI is InChI=1S/C12H20F3NO4/c1-7(2)19-9(17)8(6-12(13,14)15)16-10(18)20-11(3,4)5/h7-8H,6H2,1-5H3,(H,16,18). The average Bonchev–Trinajstić information content (AvgIpc) is 2.09.